The maximum Gasteiger partial charge on any atom is 0.165 e. The Morgan fingerprint density at radius 2 is 1.77 bits per heavy atom. The standard InChI is InChI=1S/C10H8O2S/c11-9-4-1-6-5-7(13)2-3-8(6)10(9)12/h1-5,11-13H. The van der Waals surface area contributed by atoms with Gasteiger partial charge in [0, 0.05) is 10.3 Å². The van der Waals surface area contributed by atoms with Crippen LogP contribution in [0.2, 0.25) is 0 Å². The molecule has 0 saturated heterocycles. The van der Waals surface area contributed by atoms with Crippen molar-refractivity contribution in [3.63, 3.8) is 0 Å². The van der Waals surface area contributed by atoms with Crippen LogP contribution >= 0.6 is 12.6 Å². The van der Waals surface area contributed by atoms with Gasteiger partial charge in [0.05, 0.1) is 0 Å². The Hall–Kier alpha value is -1.35. The lowest BCUT2D eigenvalue weighted by Crippen LogP contribution is -1.75. The third-order valence-electron chi connectivity index (χ3n) is 1.95. The Kier molecular flexibility index (Phi) is 1.81. The van der Waals surface area contributed by atoms with E-state index in [1.165, 1.54) is 6.07 Å². The number of aromatic hydroxyl groups is 2. The molecule has 0 fully saturated rings. The molecule has 2 nitrogen and oxygen atoms in total. The van der Waals surface area contributed by atoms with Crippen molar-refractivity contribution in [3.05, 3.63) is 30.3 Å². The first-order valence-electron chi connectivity index (χ1n) is 3.82. The molecule has 2 N–H and O–H groups in total. The molecule has 0 atom stereocenters. The Bertz CT molecular complexity index is 466. The van der Waals surface area contributed by atoms with Crippen LogP contribution in [0, 0.1) is 0 Å². The van der Waals surface area contributed by atoms with E-state index in [2.05, 4.69) is 12.6 Å². The van der Waals surface area contributed by atoms with Crippen molar-refractivity contribution < 1.29 is 10.2 Å². The van der Waals surface area contributed by atoms with Gasteiger partial charge in [0.15, 0.2) is 11.5 Å². The number of fused-ring (bicyclic) bond motifs is 1. The summed E-state index contributed by atoms with van der Waals surface area (Å²) >= 11 is 4.18. The monoisotopic (exact) mass is 192 g/mol. The van der Waals surface area contributed by atoms with Crippen molar-refractivity contribution in [2.24, 2.45) is 0 Å². The van der Waals surface area contributed by atoms with Gasteiger partial charge in [-0.25, -0.2) is 0 Å². The van der Waals surface area contributed by atoms with Crippen molar-refractivity contribution in [1.29, 1.82) is 0 Å². The first kappa shape index (κ1) is 8.26. The third-order valence-corrected chi connectivity index (χ3v) is 2.23. The van der Waals surface area contributed by atoms with Gasteiger partial charge in [-0.3, -0.25) is 0 Å². The molecule has 0 aromatic heterocycles. The van der Waals surface area contributed by atoms with E-state index in [1.54, 1.807) is 18.2 Å². The smallest absolute Gasteiger partial charge is 0.165 e. The van der Waals surface area contributed by atoms with Crippen LogP contribution in [-0.4, -0.2) is 10.2 Å². The summed E-state index contributed by atoms with van der Waals surface area (Å²) in [5, 5.41) is 20.2. The van der Waals surface area contributed by atoms with Crippen molar-refractivity contribution in [1.82, 2.24) is 0 Å². The molecule has 13 heavy (non-hydrogen) atoms. The van der Waals surface area contributed by atoms with E-state index in [1.807, 2.05) is 6.07 Å². The van der Waals surface area contributed by atoms with Crippen LogP contribution in [-0.2, 0) is 0 Å². The molecule has 0 aliphatic rings. The summed E-state index contributed by atoms with van der Waals surface area (Å²) in [6.45, 7) is 0. The van der Waals surface area contributed by atoms with Gasteiger partial charge in [-0.1, -0.05) is 6.07 Å². The van der Waals surface area contributed by atoms with Crippen molar-refractivity contribution in [2.45, 2.75) is 4.90 Å². The summed E-state index contributed by atoms with van der Waals surface area (Å²) in [7, 11) is 0. The Labute approximate surface area is 80.9 Å². The van der Waals surface area contributed by atoms with E-state index < -0.39 is 0 Å². The van der Waals surface area contributed by atoms with Crippen LogP contribution in [0.3, 0.4) is 0 Å². The van der Waals surface area contributed by atoms with Crippen molar-refractivity contribution in [3.8, 4) is 11.5 Å². The fourth-order valence-electron chi connectivity index (χ4n) is 1.29. The Balaban J connectivity index is 2.87. The van der Waals surface area contributed by atoms with E-state index in [-0.39, 0.29) is 11.5 Å². The molecule has 2 aromatic carbocycles. The number of rotatable bonds is 0. The largest absolute Gasteiger partial charge is 0.504 e. The molecule has 66 valence electrons. The molecule has 0 unspecified atom stereocenters. The van der Waals surface area contributed by atoms with Crippen molar-refractivity contribution in [2.75, 3.05) is 0 Å². The fourth-order valence-corrected chi connectivity index (χ4v) is 1.50. The van der Waals surface area contributed by atoms with Gasteiger partial charge in [0.25, 0.3) is 0 Å². The molecule has 0 spiro atoms. The quantitative estimate of drug-likeness (QED) is 0.443. The van der Waals surface area contributed by atoms with Crippen LogP contribution in [0.5, 0.6) is 11.5 Å². The maximum absolute atomic E-state index is 9.47. The van der Waals surface area contributed by atoms with Crippen LogP contribution in [0.4, 0.5) is 0 Å². The molecule has 0 aliphatic carbocycles. The Morgan fingerprint density at radius 3 is 2.54 bits per heavy atom. The third kappa shape index (κ3) is 1.31. The zero-order valence-corrected chi connectivity index (χ0v) is 7.62. The lowest BCUT2D eigenvalue weighted by Gasteiger charge is -2.03. The number of thiol groups is 1. The van der Waals surface area contributed by atoms with Gasteiger partial charge in [-0.2, -0.15) is 0 Å². The topological polar surface area (TPSA) is 40.5 Å². The van der Waals surface area contributed by atoms with E-state index >= 15 is 0 Å². The fraction of sp³-hybridized carbons (Fsp3) is 0. The summed E-state index contributed by atoms with van der Waals surface area (Å²) in [5.74, 6) is -0.176. The van der Waals surface area contributed by atoms with Crippen molar-refractivity contribution >= 4 is 23.4 Å². The molecule has 2 aromatic rings. The van der Waals surface area contributed by atoms with Crippen LogP contribution in [0.1, 0.15) is 0 Å². The second-order valence-corrected chi connectivity index (χ2v) is 3.36. The second kappa shape index (κ2) is 2.85. The predicted octanol–water partition coefficient (Wildman–Crippen LogP) is 2.54. The molecule has 0 aliphatic heterocycles. The molecule has 0 saturated carbocycles. The SMILES string of the molecule is Oc1ccc2cc(S)ccc2c1O. The highest BCUT2D eigenvalue weighted by Crippen LogP contribution is 2.33. The van der Waals surface area contributed by atoms with Gasteiger partial charge >= 0.3 is 0 Å². The minimum Gasteiger partial charge on any atom is -0.504 e. The average molecular weight is 192 g/mol. The number of phenols is 2. The second-order valence-electron chi connectivity index (χ2n) is 2.84. The maximum atomic E-state index is 9.47. The zero-order valence-electron chi connectivity index (χ0n) is 6.73. The van der Waals surface area contributed by atoms with E-state index in [4.69, 9.17) is 0 Å². The lowest BCUT2D eigenvalue weighted by atomic mass is 10.1. The van der Waals surface area contributed by atoms with Gasteiger partial charge in [-0.05, 0) is 29.7 Å². The molecule has 0 radical (unpaired) electrons. The number of hydrogen-bond donors (Lipinski definition) is 3. The zero-order chi connectivity index (χ0) is 9.42. The molecular weight excluding hydrogens is 184 g/mol. The van der Waals surface area contributed by atoms with Gasteiger partial charge in [-0.15, -0.1) is 12.6 Å². The Morgan fingerprint density at radius 1 is 1.00 bits per heavy atom. The minimum absolute atomic E-state index is 0.0779. The molecule has 2 rings (SSSR count). The summed E-state index contributed by atoms with van der Waals surface area (Å²) in [5.41, 5.74) is 0. The first-order valence-corrected chi connectivity index (χ1v) is 4.27. The molecule has 0 heterocycles. The lowest BCUT2D eigenvalue weighted by molar-refractivity contribution is 0.408. The van der Waals surface area contributed by atoms with Crippen LogP contribution in [0.15, 0.2) is 35.2 Å². The average Bonchev–Trinajstić information content (AvgIpc) is 2.12. The normalized spacial score (nSPS) is 10.5. The summed E-state index contributed by atoms with van der Waals surface area (Å²) in [6, 6.07) is 8.53. The minimum atomic E-state index is -0.0978. The molecule has 0 amide bonds. The molecule has 3 heteroatoms. The highest BCUT2D eigenvalue weighted by molar-refractivity contribution is 7.80. The summed E-state index contributed by atoms with van der Waals surface area (Å²) in [4.78, 5) is 0.831. The number of phenolic OH excluding ortho intramolecular Hbond substituents is 2. The first-order chi connectivity index (χ1) is 6.18. The predicted molar refractivity (Wildman–Crippen MR) is 54.5 cm³/mol. The highest BCUT2D eigenvalue weighted by Gasteiger charge is 2.04. The van der Waals surface area contributed by atoms with Gasteiger partial charge < -0.3 is 10.2 Å². The summed E-state index contributed by atoms with van der Waals surface area (Å²) < 4.78 is 0. The van der Waals surface area contributed by atoms with E-state index in [9.17, 15) is 10.2 Å². The highest BCUT2D eigenvalue weighted by atomic mass is 32.1. The van der Waals surface area contributed by atoms with E-state index in [0.29, 0.717) is 5.39 Å². The molecular formula is C10H8O2S. The number of benzene rings is 2. The van der Waals surface area contributed by atoms with Gasteiger partial charge in [0.1, 0.15) is 0 Å². The molecule has 0 bridgehead atoms. The summed E-state index contributed by atoms with van der Waals surface area (Å²) in [6.07, 6.45) is 0. The van der Waals surface area contributed by atoms with Crippen LogP contribution < -0.4 is 0 Å². The number of hydrogen-bond acceptors (Lipinski definition) is 3. The van der Waals surface area contributed by atoms with Gasteiger partial charge in [0.2, 0.25) is 0 Å². The van der Waals surface area contributed by atoms with E-state index in [0.717, 1.165) is 10.3 Å². The van der Waals surface area contributed by atoms with Crippen LogP contribution in [0.25, 0.3) is 10.8 Å².